The van der Waals surface area contributed by atoms with E-state index in [0.717, 1.165) is 44.9 Å². The Morgan fingerprint density at radius 2 is 1.93 bits per heavy atom. The number of carbonyl (C=O) groups is 2. The highest BCUT2D eigenvalue weighted by atomic mass is 18.2. The van der Waals surface area contributed by atoms with Gasteiger partial charge in [-0.2, -0.15) is 0 Å². The molecule has 8 atom stereocenters. The largest absolute Gasteiger partial charge is 0.458 e. The molecule has 0 aromatic heterocycles. The van der Waals surface area contributed by atoms with E-state index in [9.17, 15) is 14.0 Å². The number of ether oxygens (including phenoxy) is 1. The molecule has 166 valence electrons. The molecule has 0 N–H and O–H groups in total. The van der Waals surface area contributed by atoms with E-state index in [-0.39, 0.29) is 34.9 Å². The summed E-state index contributed by atoms with van der Waals surface area (Å²) in [4.78, 5) is 24.5. The molecule has 0 amide bonds. The predicted octanol–water partition coefficient (Wildman–Crippen LogP) is 5.82. The van der Waals surface area contributed by atoms with Crippen molar-refractivity contribution in [2.24, 2.45) is 40.4 Å². The van der Waals surface area contributed by atoms with Crippen LogP contribution in [0, 0.1) is 40.4 Å². The van der Waals surface area contributed by atoms with Crippen molar-refractivity contribution in [1.29, 1.82) is 0 Å². The number of fused-ring (bicyclic) bond motifs is 6. The standard InChI is InChI=1S/C26H37FO3/c1-16-13-21-23-17(5-4-12-27)14-18-15-19(28)6-9-24(18,2)20(23)7-10-25(21,3)26(16)11-8-22(29)30-26/h15-17,20-21,23H,4-14H2,1-3H3/t16-,17?,20?,21?,23?,24+,25+,26+/m1/s1/i27-1. The zero-order valence-corrected chi connectivity index (χ0v) is 18.8. The molecule has 3 saturated carbocycles. The number of hydrogen-bond acceptors (Lipinski definition) is 3. The first-order chi connectivity index (χ1) is 14.2. The molecule has 3 nitrogen and oxygen atoms in total. The minimum atomic E-state index is -0.302. The van der Waals surface area contributed by atoms with Crippen LogP contribution >= 0.6 is 0 Å². The third kappa shape index (κ3) is 2.60. The summed E-state index contributed by atoms with van der Waals surface area (Å²) >= 11 is 0. The van der Waals surface area contributed by atoms with Gasteiger partial charge in [0.25, 0.3) is 0 Å². The van der Waals surface area contributed by atoms with Crippen molar-refractivity contribution >= 4 is 11.8 Å². The topological polar surface area (TPSA) is 43.4 Å². The fraction of sp³-hybridized carbons (Fsp3) is 0.846. The summed E-state index contributed by atoms with van der Waals surface area (Å²) in [6.07, 6.45) is 10.8. The van der Waals surface area contributed by atoms with Gasteiger partial charge in [0.2, 0.25) is 0 Å². The van der Waals surface area contributed by atoms with Crippen LogP contribution < -0.4 is 0 Å². The Labute approximate surface area is 180 Å². The van der Waals surface area contributed by atoms with Crippen LogP contribution in [-0.4, -0.2) is 24.0 Å². The zero-order chi connectivity index (χ0) is 21.3. The van der Waals surface area contributed by atoms with Gasteiger partial charge in [-0.1, -0.05) is 26.3 Å². The lowest BCUT2D eigenvalue weighted by Gasteiger charge is -2.61. The van der Waals surface area contributed by atoms with Crippen LogP contribution in [-0.2, 0) is 14.3 Å². The van der Waals surface area contributed by atoms with Crippen LogP contribution in [0.3, 0.4) is 0 Å². The Hall–Kier alpha value is -1.19. The molecule has 4 heteroatoms. The van der Waals surface area contributed by atoms with Gasteiger partial charge in [-0.3, -0.25) is 14.0 Å². The molecule has 0 radical (unpaired) electrons. The highest BCUT2D eigenvalue weighted by molar-refractivity contribution is 5.91. The number of carbonyl (C=O) groups excluding carboxylic acids is 2. The lowest BCUT2D eigenvalue weighted by Crippen LogP contribution is -2.57. The Bertz CT molecular complexity index is 789. The Kier molecular flexibility index (Phi) is 4.76. The first-order valence-electron chi connectivity index (χ1n) is 12.3. The maximum absolute atomic E-state index is 13.2. The summed E-state index contributed by atoms with van der Waals surface area (Å²) in [5.74, 6) is 2.72. The van der Waals surface area contributed by atoms with Gasteiger partial charge in [-0.25, -0.2) is 0 Å². The molecule has 1 heterocycles. The quantitative estimate of drug-likeness (QED) is 0.546. The molecule has 1 aliphatic heterocycles. The lowest BCUT2D eigenvalue weighted by atomic mass is 9.43. The number of halogens is 1. The molecule has 1 spiro atoms. The van der Waals surface area contributed by atoms with E-state index in [1.807, 2.05) is 6.08 Å². The Balaban J connectivity index is 1.56. The molecular weight excluding hydrogens is 378 g/mol. The zero-order valence-electron chi connectivity index (χ0n) is 18.8. The van der Waals surface area contributed by atoms with Crippen LogP contribution in [0.15, 0.2) is 11.6 Å². The summed E-state index contributed by atoms with van der Waals surface area (Å²) < 4.78 is 19.4. The lowest BCUT2D eigenvalue weighted by molar-refractivity contribution is -0.176. The number of esters is 1. The Morgan fingerprint density at radius 3 is 2.63 bits per heavy atom. The molecule has 4 fully saturated rings. The fourth-order valence-electron chi connectivity index (χ4n) is 9.10. The van der Waals surface area contributed by atoms with Gasteiger partial charge < -0.3 is 4.74 Å². The van der Waals surface area contributed by atoms with Crippen molar-refractivity contribution in [3.8, 4) is 0 Å². The van der Waals surface area contributed by atoms with Gasteiger partial charge in [0.1, 0.15) is 5.60 Å². The van der Waals surface area contributed by atoms with Gasteiger partial charge in [0.15, 0.2) is 5.78 Å². The molecule has 0 aromatic rings. The number of rotatable bonds is 3. The molecule has 1 saturated heterocycles. The highest BCUT2D eigenvalue weighted by Crippen LogP contribution is 2.72. The number of allylic oxidation sites excluding steroid dienone is 1. The molecular formula is C26H37FO3. The van der Waals surface area contributed by atoms with Crippen LogP contribution in [0.1, 0.15) is 85.0 Å². The highest BCUT2D eigenvalue weighted by Gasteiger charge is 2.70. The van der Waals surface area contributed by atoms with E-state index in [4.69, 9.17) is 4.74 Å². The van der Waals surface area contributed by atoms with Crippen molar-refractivity contribution in [2.45, 2.75) is 90.6 Å². The third-order valence-corrected chi connectivity index (χ3v) is 10.6. The van der Waals surface area contributed by atoms with Crippen LogP contribution in [0.5, 0.6) is 0 Å². The summed E-state index contributed by atoms with van der Waals surface area (Å²) in [6, 6.07) is 0. The average molecular weight is 416 g/mol. The van der Waals surface area contributed by atoms with Gasteiger partial charge in [-0.15, -0.1) is 0 Å². The molecule has 0 bridgehead atoms. The maximum Gasteiger partial charge on any atom is 0.306 e. The minimum Gasteiger partial charge on any atom is -0.458 e. The van der Waals surface area contributed by atoms with Crippen molar-refractivity contribution < 1.29 is 18.7 Å². The summed E-state index contributed by atoms with van der Waals surface area (Å²) in [7, 11) is 0. The van der Waals surface area contributed by atoms with Crippen molar-refractivity contribution in [1.82, 2.24) is 0 Å². The number of alkyl halides is 1. The minimum absolute atomic E-state index is 0.0218. The van der Waals surface area contributed by atoms with Gasteiger partial charge >= 0.3 is 5.97 Å². The van der Waals surface area contributed by atoms with Gasteiger partial charge in [-0.05, 0) is 92.4 Å². The second-order valence-electron chi connectivity index (χ2n) is 11.6. The number of hydrogen-bond donors (Lipinski definition) is 0. The predicted molar refractivity (Wildman–Crippen MR) is 113 cm³/mol. The van der Waals surface area contributed by atoms with Crippen molar-refractivity contribution in [3.05, 3.63) is 11.6 Å². The van der Waals surface area contributed by atoms with E-state index < -0.39 is 0 Å². The smallest absolute Gasteiger partial charge is 0.306 e. The molecule has 5 rings (SSSR count). The average Bonchev–Trinajstić information content (AvgIpc) is 3.21. The summed E-state index contributed by atoms with van der Waals surface area (Å²) in [6.45, 7) is 6.84. The second-order valence-corrected chi connectivity index (χ2v) is 11.6. The van der Waals surface area contributed by atoms with E-state index in [1.165, 1.54) is 5.57 Å². The second kappa shape index (κ2) is 6.90. The van der Waals surface area contributed by atoms with E-state index in [1.54, 1.807) is 0 Å². The molecule has 4 aliphatic carbocycles. The summed E-state index contributed by atoms with van der Waals surface area (Å²) in [5, 5.41) is 0. The number of ketones is 1. The van der Waals surface area contributed by atoms with Gasteiger partial charge in [0.05, 0.1) is 6.67 Å². The molecule has 0 aromatic carbocycles. The first kappa shape index (κ1) is 20.7. The SMILES string of the molecule is C[C@@H]1CC2C3C(CCC[18F])CC4=CC(=O)CC[C@]4(C)C3CC[C@]2(C)[C@]12CCC(=O)O2. The van der Waals surface area contributed by atoms with Crippen LogP contribution in [0.25, 0.3) is 0 Å². The van der Waals surface area contributed by atoms with E-state index >= 15 is 0 Å². The monoisotopic (exact) mass is 415 g/mol. The van der Waals surface area contributed by atoms with Crippen LogP contribution in [0.4, 0.5) is 4.39 Å². The normalized spacial score (nSPS) is 50.0. The third-order valence-electron chi connectivity index (χ3n) is 10.6. The fourth-order valence-corrected chi connectivity index (χ4v) is 9.10. The summed E-state index contributed by atoms with van der Waals surface area (Å²) in [5.41, 5.74) is 1.18. The van der Waals surface area contributed by atoms with Crippen LogP contribution in [0.2, 0.25) is 0 Å². The first-order valence-corrected chi connectivity index (χ1v) is 12.3. The van der Waals surface area contributed by atoms with Crippen molar-refractivity contribution in [3.63, 3.8) is 0 Å². The Morgan fingerprint density at radius 1 is 1.13 bits per heavy atom. The molecule has 4 unspecified atom stereocenters. The molecule has 30 heavy (non-hydrogen) atoms. The van der Waals surface area contributed by atoms with Gasteiger partial charge in [0, 0.05) is 18.3 Å². The molecule has 5 aliphatic rings. The maximum atomic E-state index is 13.2. The van der Waals surface area contributed by atoms with E-state index in [0.29, 0.717) is 48.9 Å². The van der Waals surface area contributed by atoms with Crippen molar-refractivity contribution in [2.75, 3.05) is 6.67 Å². The van der Waals surface area contributed by atoms with E-state index in [2.05, 4.69) is 20.8 Å².